The smallest absolute Gasteiger partial charge is 0.295 e. The second kappa shape index (κ2) is 12.7. The third kappa shape index (κ3) is 6.43. The predicted octanol–water partition coefficient (Wildman–Crippen LogP) is 2.47. The van der Waals surface area contributed by atoms with Crippen molar-refractivity contribution in [2.45, 2.75) is 39.2 Å². The highest BCUT2D eigenvalue weighted by atomic mass is 79.9. The Kier molecular flexibility index (Phi) is 9.40. The first-order valence-electron chi connectivity index (χ1n) is 13.1. The van der Waals surface area contributed by atoms with Crippen molar-refractivity contribution in [1.82, 2.24) is 4.90 Å². The summed E-state index contributed by atoms with van der Waals surface area (Å²) in [6, 6.07) is 12.1. The second-order valence-corrected chi connectivity index (χ2v) is 10.6. The highest BCUT2D eigenvalue weighted by Gasteiger charge is 2.44. The van der Waals surface area contributed by atoms with Crippen LogP contribution in [0.4, 0.5) is 0 Å². The van der Waals surface area contributed by atoms with Crippen LogP contribution in [0.25, 0.3) is 5.76 Å². The number of carbonyl (C=O) groups excluding carboxylic acids is 2. The van der Waals surface area contributed by atoms with Crippen LogP contribution < -0.4 is 14.7 Å². The van der Waals surface area contributed by atoms with Crippen molar-refractivity contribution in [3.05, 3.63) is 69.2 Å². The quantitative estimate of drug-likeness (QED) is 0.205. The molecule has 2 fully saturated rings. The molecule has 4 rings (SSSR count). The number of amides is 1. The van der Waals surface area contributed by atoms with Crippen LogP contribution in [0.15, 0.2) is 52.5 Å². The van der Waals surface area contributed by atoms with E-state index in [4.69, 9.17) is 9.47 Å². The van der Waals surface area contributed by atoms with Gasteiger partial charge < -0.3 is 24.4 Å². The molecule has 0 aromatic heterocycles. The number of quaternary nitrogens is 1. The van der Waals surface area contributed by atoms with E-state index in [9.17, 15) is 14.7 Å². The van der Waals surface area contributed by atoms with Gasteiger partial charge in [-0.1, -0.05) is 53.2 Å². The van der Waals surface area contributed by atoms with E-state index in [2.05, 4.69) is 22.9 Å². The minimum atomic E-state index is -0.718. The molecule has 198 valence electrons. The number of rotatable bonds is 10. The van der Waals surface area contributed by atoms with Gasteiger partial charge in [-0.3, -0.25) is 9.59 Å². The lowest BCUT2D eigenvalue weighted by Gasteiger charge is -2.29. The Labute approximate surface area is 227 Å². The lowest BCUT2D eigenvalue weighted by atomic mass is 9.94. The number of halogens is 1. The molecule has 0 saturated carbocycles. The fourth-order valence-corrected chi connectivity index (χ4v) is 5.41. The predicted molar refractivity (Wildman–Crippen MR) is 143 cm³/mol. The van der Waals surface area contributed by atoms with Crippen molar-refractivity contribution in [2.75, 3.05) is 46.0 Å². The molecular formula is C29H35BrN2O5. The number of nitrogens with zero attached hydrogens (tertiary/aromatic N) is 1. The van der Waals surface area contributed by atoms with E-state index in [0.717, 1.165) is 62.1 Å². The number of morpholine rings is 1. The van der Waals surface area contributed by atoms with Crippen molar-refractivity contribution in [1.29, 1.82) is 0 Å². The fraction of sp³-hybridized carbons (Fsp3) is 0.448. The molecule has 8 heteroatoms. The molecule has 1 amide bonds. The van der Waals surface area contributed by atoms with E-state index in [1.54, 1.807) is 17.0 Å². The minimum absolute atomic E-state index is 0.0181. The molecule has 1 unspecified atom stereocenters. The van der Waals surface area contributed by atoms with Crippen molar-refractivity contribution in [3.8, 4) is 5.75 Å². The number of aryl methyl sites for hydroxylation is 1. The maximum Gasteiger partial charge on any atom is 0.295 e. The van der Waals surface area contributed by atoms with Crippen molar-refractivity contribution in [2.24, 2.45) is 0 Å². The number of nitrogens with one attached hydrogen (secondary N) is 1. The molecule has 37 heavy (non-hydrogen) atoms. The monoisotopic (exact) mass is 570 g/mol. The molecule has 7 nitrogen and oxygen atoms in total. The van der Waals surface area contributed by atoms with E-state index in [1.807, 2.05) is 37.3 Å². The highest BCUT2D eigenvalue weighted by Crippen LogP contribution is 2.40. The summed E-state index contributed by atoms with van der Waals surface area (Å²) >= 11 is 3.50. The van der Waals surface area contributed by atoms with Crippen molar-refractivity contribution >= 4 is 33.4 Å². The van der Waals surface area contributed by atoms with Crippen LogP contribution in [-0.4, -0.2) is 62.6 Å². The molecule has 1 atom stereocenters. The third-order valence-corrected chi connectivity index (χ3v) is 7.53. The zero-order chi connectivity index (χ0) is 26.4. The van der Waals surface area contributed by atoms with E-state index in [0.29, 0.717) is 30.0 Å². The van der Waals surface area contributed by atoms with Crippen LogP contribution in [0.2, 0.25) is 0 Å². The average Bonchev–Trinajstić information content (AvgIpc) is 3.14. The molecule has 0 aliphatic carbocycles. The first kappa shape index (κ1) is 27.4. The van der Waals surface area contributed by atoms with Crippen LogP contribution >= 0.6 is 15.9 Å². The lowest BCUT2D eigenvalue weighted by molar-refractivity contribution is -0.908. The van der Waals surface area contributed by atoms with Crippen molar-refractivity contribution in [3.63, 3.8) is 0 Å². The number of benzene rings is 2. The Morgan fingerprint density at radius 1 is 1.16 bits per heavy atom. The zero-order valence-electron chi connectivity index (χ0n) is 21.6. The Morgan fingerprint density at radius 3 is 2.65 bits per heavy atom. The Morgan fingerprint density at radius 2 is 1.95 bits per heavy atom. The maximum atomic E-state index is 13.8. The van der Waals surface area contributed by atoms with E-state index in [1.165, 1.54) is 4.90 Å². The van der Waals surface area contributed by atoms with Gasteiger partial charge in [-0.05, 0) is 54.3 Å². The first-order chi connectivity index (χ1) is 17.9. The number of unbranched alkanes of at least 4 members (excludes halogenated alkanes) is 1. The number of ketones is 1. The molecule has 0 bridgehead atoms. The summed E-state index contributed by atoms with van der Waals surface area (Å²) in [5.41, 5.74) is 1.89. The van der Waals surface area contributed by atoms with E-state index >= 15 is 0 Å². The van der Waals surface area contributed by atoms with Gasteiger partial charge in [0, 0.05) is 23.0 Å². The van der Waals surface area contributed by atoms with Gasteiger partial charge in [0.15, 0.2) is 0 Å². The number of carbonyl (C=O) groups is 2. The highest BCUT2D eigenvalue weighted by molar-refractivity contribution is 9.10. The van der Waals surface area contributed by atoms with Gasteiger partial charge in [-0.2, -0.15) is 0 Å². The van der Waals surface area contributed by atoms with Crippen LogP contribution in [0.3, 0.4) is 0 Å². The fourth-order valence-electron chi connectivity index (χ4n) is 4.99. The average molecular weight is 572 g/mol. The minimum Gasteiger partial charge on any atom is -0.872 e. The number of ether oxygens (including phenoxy) is 2. The maximum absolute atomic E-state index is 13.8. The summed E-state index contributed by atoms with van der Waals surface area (Å²) in [6.07, 6.45) is 2.72. The van der Waals surface area contributed by atoms with E-state index < -0.39 is 23.5 Å². The van der Waals surface area contributed by atoms with Crippen molar-refractivity contribution < 1.29 is 29.1 Å². The van der Waals surface area contributed by atoms with Crippen LogP contribution in [0.5, 0.6) is 5.75 Å². The van der Waals surface area contributed by atoms with Gasteiger partial charge in [0.25, 0.3) is 5.91 Å². The molecule has 2 heterocycles. The van der Waals surface area contributed by atoms with Gasteiger partial charge >= 0.3 is 0 Å². The molecule has 1 N–H and O–H groups in total. The third-order valence-electron chi connectivity index (χ3n) is 7.03. The lowest BCUT2D eigenvalue weighted by Crippen LogP contribution is -3.14. The van der Waals surface area contributed by atoms with Crippen LogP contribution in [0, 0.1) is 6.92 Å². The molecule has 2 saturated heterocycles. The Bertz CT molecular complexity index is 1160. The van der Waals surface area contributed by atoms with Crippen LogP contribution in [-0.2, 0) is 14.3 Å². The summed E-state index contributed by atoms with van der Waals surface area (Å²) in [4.78, 5) is 29.6. The second-order valence-electron chi connectivity index (χ2n) is 9.67. The Hall–Kier alpha value is -2.68. The molecule has 2 aromatic carbocycles. The Balaban J connectivity index is 1.65. The van der Waals surface area contributed by atoms with Gasteiger partial charge in [0.1, 0.15) is 18.8 Å². The zero-order valence-corrected chi connectivity index (χ0v) is 23.1. The summed E-state index contributed by atoms with van der Waals surface area (Å²) in [7, 11) is 0. The molecule has 0 spiro atoms. The molecular weight excluding hydrogens is 536 g/mol. The standard InChI is InChI=1S/C29H35BrN2O5/c1-3-4-15-37-23-9-10-24(20(2)18-23)27(33)25-26(21-7-5-8-22(30)19-21)32(29(35)28(25)34)12-6-11-31-13-16-36-17-14-31/h5,7-10,18-19,26,33H,3-4,6,11-17H2,1-2H3. The summed E-state index contributed by atoms with van der Waals surface area (Å²) in [6.45, 7) is 9.20. The normalized spacial score (nSPS) is 20.0. The van der Waals surface area contributed by atoms with Gasteiger partial charge in [-0.25, -0.2) is 0 Å². The first-order valence-corrected chi connectivity index (χ1v) is 13.9. The largest absolute Gasteiger partial charge is 0.872 e. The summed E-state index contributed by atoms with van der Waals surface area (Å²) in [5, 5.41) is 13.8. The number of Topliss-reactive ketones (excluding diaryl/α,β-unsaturated/α-hetero) is 1. The topological polar surface area (TPSA) is 83.3 Å². The number of hydrogen-bond donors (Lipinski definition) is 1. The molecule has 2 aromatic rings. The number of likely N-dealkylation sites (tertiary alicyclic amines) is 1. The van der Waals surface area contributed by atoms with Gasteiger partial charge in [-0.15, -0.1) is 0 Å². The summed E-state index contributed by atoms with van der Waals surface area (Å²) in [5.74, 6) is -1.03. The van der Waals surface area contributed by atoms with E-state index in [-0.39, 0.29) is 5.57 Å². The SMILES string of the molecule is CCCCOc1ccc(C([O-])=C2C(=O)C(=O)N(CCC[NH+]3CCOCC3)C2c2cccc(Br)c2)c(C)c1. The molecule has 2 aliphatic heterocycles. The summed E-state index contributed by atoms with van der Waals surface area (Å²) < 4.78 is 12.0. The van der Waals surface area contributed by atoms with Gasteiger partial charge in [0.2, 0.25) is 5.78 Å². The number of hydrogen-bond acceptors (Lipinski definition) is 5. The molecule has 0 radical (unpaired) electrons. The van der Waals surface area contributed by atoms with Gasteiger partial charge in [0.05, 0.1) is 32.4 Å². The molecule has 2 aliphatic rings. The van der Waals surface area contributed by atoms with Crippen LogP contribution in [0.1, 0.15) is 48.9 Å².